The molecule has 172 valence electrons. The fourth-order valence-corrected chi connectivity index (χ4v) is 8.72. The van der Waals surface area contributed by atoms with Gasteiger partial charge >= 0.3 is 0 Å². The zero-order chi connectivity index (χ0) is 22.8. The molecule has 0 bridgehead atoms. The summed E-state index contributed by atoms with van der Waals surface area (Å²) in [7, 11) is 0. The molecule has 0 aromatic carbocycles. The molecule has 0 spiro atoms. The van der Waals surface area contributed by atoms with Gasteiger partial charge in [-0.3, -0.25) is 9.59 Å². The molecule has 2 nitrogen and oxygen atoms in total. The van der Waals surface area contributed by atoms with Crippen molar-refractivity contribution in [2.75, 3.05) is 0 Å². The van der Waals surface area contributed by atoms with Crippen LogP contribution in [-0.2, 0) is 9.59 Å². The van der Waals surface area contributed by atoms with E-state index in [0.717, 1.165) is 24.3 Å². The maximum Gasteiger partial charge on any atom is 0.159 e. The smallest absolute Gasteiger partial charge is 0.159 e. The largest absolute Gasteiger partial charge is 0.299 e. The highest BCUT2D eigenvalue weighted by atomic mass is 16.1. The lowest BCUT2D eigenvalue weighted by Crippen LogP contribution is -2.56. The molecule has 31 heavy (non-hydrogen) atoms. The van der Waals surface area contributed by atoms with E-state index in [4.69, 9.17) is 0 Å². The van der Waals surface area contributed by atoms with Crippen LogP contribution in [0.15, 0.2) is 23.3 Å². The van der Waals surface area contributed by atoms with Crippen LogP contribution in [0.5, 0.6) is 0 Å². The van der Waals surface area contributed by atoms with E-state index >= 15 is 0 Å². The summed E-state index contributed by atoms with van der Waals surface area (Å²) in [5, 5.41) is 0. The maximum absolute atomic E-state index is 13.6. The molecule has 0 radical (unpaired) electrons. The SMILES string of the molecule is CC(C)=CCC[C@@H](C)[C@H]1CC[C@H]2[C@@H]3C(=O)C=C4C(C)(C)C(=O)CC[C@]4(C)[C@H]3CC[C@]12C. The third-order valence-corrected chi connectivity index (χ3v) is 10.5. The van der Waals surface area contributed by atoms with Gasteiger partial charge in [0, 0.05) is 17.8 Å². The molecule has 3 saturated carbocycles. The molecule has 0 aliphatic heterocycles. The number of hydrogen-bond donors (Lipinski definition) is 0. The third kappa shape index (κ3) is 3.42. The first-order chi connectivity index (χ1) is 14.4. The second-order valence-corrected chi connectivity index (χ2v) is 12.7. The van der Waals surface area contributed by atoms with Crippen LogP contribution >= 0.6 is 0 Å². The molecule has 2 heteroatoms. The normalized spacial score (nSPS) is 42.2. The number of carbonyl (C=O) groups excluding carboxylic acids is 2. The molecular weight excluding hydrogens is 380 g/mol. The molecule has 3 fully saturated rings. The van der Waals surface area contributed by atoms with Crippen LogP contribution in [0.2, 0.25) is 0 Å². The Kier molecular flexibility index (Phi) is 5.71. The highest BCUT2D eigenvalue weighted by molar-refractivity contribution is 5.98. The molecular formula is C29H44O2. The zero-order valence-corrected chi connectivity index (χ0v) is 21.0. The predicted molar refractivity (Wildman–Crippen MR) is 128 cm³/mol. The summed E-state index contributed by atoms with van der Waals surface area (Å²) in [5.74, 6) is 3.22. The van der Waals surface area contributed by atoms with Gasteiger partial charge in [-0.2, -0.15) is 0 Å². The molecule has 0 saturated heterocycles. The second kappa shape index (κ2) is 7.70. The average Bonchev–Trinajstić information content (AvgIpc) is 3.04. The average molecular weight is 425 g/mol. The van der Waals surface area contributed by atoms with Crippen molar-refractivity contribution in [1.82, 2.24) is 0 Å². The predicted octanol–water partition coefficient (Wildman–Crippen LogP) is 7.33. The first kappa shape index (κ1) is 23.0. The molecule has 0 heterocycles. The van der Waals surface area contributed by atoms with E-state index in [0.29, 0.717) is 41.2 Å². The van der Waals surface area contributed by atoms with Crippen molar-refractivity contribution in [1.29, 1.82) is 0 Å². The van der Waals surface area contributed by atoms with Crippen LogP contribution in [0.1, 0.15) is 99.8 Å². The van der Waals surface area contributed by atoms with Gasteiger partial charge in [0.2, 0.25) is 0 Å². The number of fused-ring (bicyclic) bond motifs is 5. The minimum absolute atomic E-state index is 0.0183. The summed E-state index contributed by atoms with van der Waals surface area (Å²) in [6, 6.07) is 0. The van der Waals surface area contributed by atoms with E-state index in [-0.39, 0.29) is 11.3 Å². The lowest BCUT2D eigenvalue weighted by molar-refractivity contribution is -0.140. The van der Waals surface area contributed by atoms with Crippen LogP contribution in [-0.4, -0.2) is 11.6 Å². The number of rotatable bonds is 4. The van der Waals surface area contributed by atoms with E-state index in [9.17, 15) is 9.59 Å². The van der Waals surface area contributed by atoms with Crippen molar-refractivity contribution in [3.8, 4) is 0 Å². The van der Waals surface area contributed by atoms with Crippen molar-refractivity contribution in [2.45, 2.75) is 99.8 Å². The lowest BCUT2D eigenvalue weighted by atomic mass is 9.44. The van der Waals surface area contributed by atoms with Gasteiger partial charge in [0.25, 0.3) is 0 Å². The van der Waals surface area contributed by atoms with Gasteiger partial charge in [-0.05, 0) is 119 Å². The molecule has 0 aromatic heterocycles. The zero-order valence-electron chi connectivity index (χ0n) is 21.0. The van der Waals surface area contributed by atoms with Gasteiger partial charge in [0.15, 0.2) is 5.78 Å². The molecule has 0 unspecified atom stereocenters. The monoisotopic (exact) mass is 424 g/mol. The van der Waals surface area contributed by atoms with E-state index < -0.39 is 5.41 Å². The number of allylic oxidation sites excluding steroid dienone is 4. The number of ketones is 2. The Balaban J connectivity index is 1.62. The van der Waals surface area contributed by atoms with Crippen LogP contribution in [0.25, 0.3) is 0 Å². The minimum Gasteiger partial charge on any atom is -0.299 e. The van der Waals surface area contributed by atoms with Crippen molar-refractivity contribution >= 4 is 11.6 Å². The van der Waals surface area contributed by atoms with Crippen LogP contribution < -0.4 is 0 Å². The summed E-state index contributed by atoms with van der Waals surface area (Å²) in [6.07, 6.45) is 13.3. The summed E-state index contributed by atoms with van der Waals surface area (Å²) >= 11 is 0. The van der Waals surface area contributed by atoms with Crippen molar-refractivity contribution in [3.63, 3.8) is 0 Å². The molecule has 4 aliphatic carbocycles. The quantitative estimate of drug-likeness (QED) is 0.443. The van der Waals surface area contributed by atoms with E-state index in [1.165, 1.54) is 37.7 Å². The topological polar surface area (TPSA) is 34.1 Å². The Bertz CT molecular complexity index is 826. The summed E-state index contributed by atoms with van der Waals surface area (Å²) in [5.41, 5.74) is 2.40. The molecule has 0 aromatic rings. The summed E-state index contributed by atoms with van der Waals surface area (Å²) in [6.45, 7) is 15.9. The molecule has 4 aliphatic rings. The number of Topliss-reactive ketones (excluding diaryl/α,β-unsaturated/α-hetero) is 1. The molecule has 7 atom stereocenters. The molecule has 0 N–H and O–H groups in total. The van der Waals surface area contributed by atoms with Crippen LogP contribution in [0.4, 0.5) is 0 Å². The van der Waals surface area contributed by atoms with E-state index in [1.807, 2.05) is 6.08 Å². The second-order valence-electron chi connectivity index (χ2n) is 12.7. The van der Waals surface area contributed by atoms with E-state index in [1.54, 1.807) is 0 Å². The van der Waals surface area contributed by atoms with Gasteiger partial charge in [-0.15, -0.1) is 0 Å². The Morgan fingerprint density at radius 1 is 1.06 bits per heavy atom. The van der Waals surface area contributed by atoms with Crippen molar-refractivity contribution in [3.05, 3.63) is 23.3 Å². The van der Waals surface area contributed by atoms with Crippen molar-refractivity contribution < 1.29 is 9.59 Å². The van der Waals surface area contributed by atoms with Gasteiger partial charge in [0.1, 0.15) is 5.78 Å². The van der Waals surface area contributed by atoms with Gasteiger partial charge in [0.05, 0.1) is 0 Å². The molecule has 0 amide bonds. The standard InChI is InChI=1S/C29H44O2/c1-18(2)9-8-10-19(3)20-11-12-21-26-22(13-15-28(20,21)6)29(7)16-14-25(31)27(4,5)24(29)17-23(26)30/h9,17,19-22,26H,8,10-16H2,1-7H3/t19-,20-,21+,22+,26+,28-,29-/m1/s1. The van der Waals surface area contributed by atoms with Crippen LogP contribution in [0.3, 0.4) is 0 Å². The fourth-order valence-electron chi connectivity index (χ4n) is 8.72. The number of carbonyl (C=O) groups is 2. The first-order valence-electron chi connectivity index (χ1n) is 12.9. The Morgan fingerprint density at radius 2 is 1.77 bits per heavy atom. The van der Waals surface area contributed by atoms with Gasteiger partial charge in [-0.1, -0.05) is 32.4 Å². The summed E-state index contributed by atoms with van der Waals surface area (Å²) in [4.78, 5) is 26.3. The van der Waals surface area contributed by atoms with Crippen molar-refractivity contribution in [2.24, 2.45) is 45.8 Å². The maximum atomic E-state index is 13.6. The molecule has 4 rings (SSSR count). The Hall–Kier alpha value is -1.18. The highest BCUT2D eigenvalue weighted by Gasteiger charge is 2.63. The summed E-state index contributed by atoms with van der Waals surface area (Å²) < 4.78 is 0. The van der Waals surface area contributed by atoms with E-state index in [2.05, 4.69) is 54.5 Å². The first-order valence-corrected chi connectivity index (χ1v) is 12.9. The Labute approximate surface area is 190 Å². The minimum atomic E-state index is -0.480. The van der Waals surface area contributed by atoms with Gasteiger partial charge < -0.3 is 0 Å². The lowest BCUT2D eigenvalue weighted by Gasteiger charge is -2.59. The Morgan fingerprint density at radius 3 is 2.45 bits per heavy atom. The fraction of sp³-hybridized carbons (Fsp3) is 0.793. The van der Waals surface area contributed by atoms with Crippen LogP contribution in [0, 0.1) is 45.8 Å². The highest BCUT2D eigenvalue weighted by Crippen LogP contribution is 2.68. The van der Waals surface area contributed by atoms with Gasteiger partial charge in [-0.25, -0.2) is 0 Å². The number of hydrogen-bond acceptors (Lipinski definition) is 2. The third-order valence-electron chi connectivity index (χ3n) is 10.5.